The zero-order valence-corrected chi connectivity index (χ0v) is 15.6. The van der Waals surface area contributed by atoms with Crippen LogP contribution in [0, 0.1) is 22.7 Å². The fourth-order valence-electron chi connectivity index (χ4n) is 2.55. The lowest BCUT2D eigenvalue weighted by atomic mass is 9.84. The summed E-state index contributed by atoms with van der Waals surface area (Å²) in [6.45, 7) is 16.2. The Balaban J connectivity index is 3.98. The predicted molar refractivity (Wildman–Crippen MR) is 88.4 cm³/mol. The molecule has 0 aromatic carbocycles. The summed E-state index contributed by atoms with van der Waals surface area (Å²) in [5, 5.41) is 0. The van der Waals surface area contributed by atoms with Crippen molar-refractivity contribution < 1.29 is 19.4 Å². The fraction of sp³-hybridized carbons (Fsp3) is 0.889. The van der Waals surface area contributed by atoms with Crippen LogP contribution in [0.2, 0.25) is 0 Å². The Hall–Kier alpha value is -0.740. The minimum absolute atomic E-state index is 0.00474. The summed E-state index contributed by atoms with van der Waals surface area (Å²) < 4.78 is 0. The Bertz CT molecular complexity index is 324. The molecular weight excluding hydrogens is 280 g/mol. The number of Topliss-reactive ketones (excluding diaryl/α,β-unsaturated/α-hetero) is 2. The summed E-state index contributed by atoms with van der Waals surface area (Å²) in [4.78, 5) is 33.6. The van der Waals surface area contributed by atoms with Gasteiger partial charge in [0.1, 0.15) is 13.2 Å². The molecule has 22 heavy (non-hydrogen) atoms. The maximum absolute atomic E-state index is 11.9. The van der Waals surface area contributed by atoms with Crippen molar-refractivity contribution in [2.75, 3.05) is 13.2 Å². The minimum Gasteiger partial charge on any atom is -0.297 e. The van der Waals surface area contributed by atoms with Gasteiger partial charge in [-0.15, -0.1) is 0 Å². The Morgan fingerprint density at radius 1 is 0.727 bits per heavy atom. The highest BCUT2D eigenvalue weighted by Gasteiger charge is 2.23. The van der Waals surface area contributed by atoms with Crippen molar-refractivity contribution in [3.8, 4) is 0 Å². The van der Waals surface area contributed by atoms with Crippen molar-refractivity contribution in [3.63, 3.8) is 0 Å². The Labute approximate surface area is 135 Å². The van der Waals surface area contributed by atoms with Gasteiger partial charge in [-0.1, -0.05) is 55.4 Å². The average Bonchev–Trinajstić information content (AvgIpc) is 2.29. The van der Waals surface area contributed by atoms with E-state index >= 15 is 0 Å². The molecule has 2 unspecified atom stereocenters. The zero-order chi connectivity index (χ0) is 17.6. The van der Waals surface area contributed by atoms with Crippen LogP contribution in [0.25, 0.3) is 0 Å². The third-order valence-corrected chi connectivity index (χ3v) is 3.42. The molecule has 0 saturated heterocycles. The molecule has 0 aliphatic carbocycles. The van der Waals surface area contributed by atoms with E-state index in [1.165, 1.54) is 0 Å². The molecular formula is C18H34O4. The molecule has 0 aliphatic heterocycles. The van der Waals surface area contributed by atoms with Gasteiger partial charge >= 0.3 is 0 Å². The fourth-order valence-corrected chi connectivity index (χ4v) is 2.55. The lowest BCUT2D eigenvalue weighted by molar-refractivity contribution is -0.284. The summed E-state index contributed by atoms with van der Waals surface area (Å²) in [6, 6.07) is 0. The van der Waals surface area contributed by atoms with Crippen molar-refractivity contribution in [2.45, 2.75) is 68.2 Å². The van der Waals surface area contributed by atoms with Gasteiger partial charge in [0.2, 0.25) is 0 Å². The molecule has 2 atom stereocenters. The monoisotopic (exact) mass is 314 g/mol. The predicted octanol–water partition coefficient (Wildman–Crippen LogP) is 4.22. The van der Waals surface area contributed by atoms with Gasteiger partial charge < -0.3 is 0 Å². The van der Waals surface area contributed by atoms with Gasteiger partial charge in [-0.3, -0.25) is 9.59 Å². The van der Waals surface area contributed by atoms with Gasteiger partial charge in [0.15, 0.2) is 11.6 Å². The van der Waals surface area contributed by atoms with Crippen LogP contribution in [0.3, 0.4) is 0 Å². The molecule has 0 fully saturated rings. The summed E-state index contributed by atoms with van der Waals surface area (Å²) in [5.74, 6) is -0.131. The second kappa shape index (κ2) is 8.78. The highest BCUT2D eigenvalue weighted by Crippen LogP contribution is 2.25. The van der Waals surface area contributed by atoms with E-state index in [0.717, 1.165) is 12.8 Å². The smallest absolute Gasteiger partial charge is 0.164 e. The van der Waals surface area contributed by atoms with Crippen LogP contribution in [0.15, 0.2) is 0 Å². The first-order chi connectivity index (χ1) is 9.82. The van der Waals surface area contributed by atoms with E-state index in [4.69, 9.17) is 9.78 Å². The summed E-state index contributed by atoms with van der Waals surface area (Å²) in [7, 11) is 0. The van der Waals surface area contributed by atoms with E-state index < -0.39 is 0 Å². The normalized spacial score (nSPS) is 15.5. The molecule has 0 N–H and O–H groups in total. The molecule has 130 valence electrons. The van der Waals surface area contributed by atoms with Crippen molar-refractivity contribution in [1.82, 2.24) is 0 Å². The largest absolute Gasteiger partial charge is 0.297 e. The van der Waals surface area contributed by atoms with Crippen molar-refractivity contribution in [1.29, 1.82) is 0 Å². The molecule has 0 heterocycles. The molecule has 0 amide bonds. The molecule has 0 radical (unpaired) electrons. The van der Waals surface area contributed by atoms with Crippen LogP contribution in [-0.2, 0) is 19.4 Å². The number of carbonyl (C=O) groups is 2. The molecule has 0 aromatic heterocycles. The van der Waals surface area contributed by atoms with Gasteiger partial charge in [-0.05, 0) is 23.7 Å². The first-order valence-electron chi connectivity index (χ1n) is 8.12. The molecule has 0 saturated carbocycles. The van der Waals surface area contributed by atoms with Gasteiger partial charge in [0.25, 0.3) is 0 Å². The Kier molecular flexibility index (Phi) is 8.48. The summed E-state index contributed by atoms with van der Waals surface area (Å²) >= 11 is 0. The molecule has 0 rings (SSSR count). The standard InChI is InChI=1S/C18H34O4/c1-13(9-17(3,4)5)15(19)11-21-22-12-16(20)14(2)10-18(6,7)8/h13-14H,9-12H2,1-8H3. The van der Waals surface area contributed by atoms with Gasteiger partial charge in [-0.2, -0.15) is 0 Å². The average molecular weight is 314 g/mol. The second-order valence-corrected chi connectivity index (χ2v) is 8.79. The van der Waals surface area contributed by atoms with Crippen molar-refractivity contribution in [3.05, 3.63) is 0 Å². The summed E-state index contributed by atoms with van der Waals surface area (Å²) in [6.07, 6.45) is 1.60. The van der Waals surface area contributed by atoms with Crippen LogP contribution in [-0.4, -0.2) is 24.8 Å². The van der Waals surface area contributed by atoms with Crippen LogP contribution < -0.4 is 0 Å². The van der Waals surface area contributed by atoms with E-state index in [-0.39, 0.29) is 47.4 Å². The quantitative estimate of drug-likeness (QED) is 0.363. The van der Waals surface area contributed by atoms with E-state index in [0.29, 0.717) is 0 Å². The van der Waals surface area contributed by atoms with Crippen molar-refractivity contribution in [2.24, 2.45) is 22.7 Å². The first kappa shape index (κ1) is 21.3. The molecule has 0 aromatic rings. The van der Waals surface area contributed by atoms with Crippen LogP contribution in [0.5, 0.6) is 0 Å². The molecule has 0 aliphatic rings. The van der Waals surface area contributed by atoms with Gasteiger partial charge in [0.05, 0.1) is 0 Å². The van der Waals surface area contributed by atoms with Gasteiger partial charge in [0, 0.05) is 11.8 Å². The van der Waals surface area contributed by atoms with E-state index in [2.05, 4.69) is 41.5 Å². The Morgan fingerprint density at radius 3 is 1.23 bits per heavy atom. The van der Waals surface area contributed by atoms with Crippen LogP contribution in [0.4, 0.5) is 0 Å². The second-order valence-electron chi connectivity index (χ2n) is 8.79. The highest BCUT2D eigenvalue weighted by molar-refractivity contribution is 5.82. The molecule has 0 bridgehead atoms. The number of hydrogen-bond donors (Lipinski definition) is 0. The number of hydrogen-bond acceptors (Lipinski definition) is 4. The highest BCUT2D eigenvalue weighted by atomic mass is 17.2. The minimum atomic E-state index is -0.0990. The SMILES string of the molecule is CC(CC(C)(C)C)C(=O)COOCC(=O)C(C)CC(C)(C)C. The number of carbonyl (C=O) groups excluding carboxylic acids is 2. The Morgan fingerprint density at radius 2 is 1.00 bits per heavy atom. The van der Waals surface area contributed by atoms with Gasteiger partial charge in [-0.25, -0.2) is 9.78 Å². The number of rotatable bonds is 9. The van der Waals surface area contributed by atoms with E-state index in [9.17, 15) is 9.59 Å². The van der Waals surface area contributed by atoms with Crippen LogP contribution in [0.1, 0.15) is 68.2 Å². The van der Waals surface area contributed by atoms with Crippen molar-refractivity contribution >= 4 is 11.6 Å². The zero-order valence-electron chi connectivity index (χ0n) is 15.6. The third kappa shape index (κ3) is 10.9. The summed E-state index contributed by atoms with van der Waals surface area (Å²) in [5.41, 5.74) is 0.211. The number of ketones is 2. The first-order valence-corrected chi connectivity index (χ1v) is 8.12. The molecule has 4 heteroatoms. The lowest BCUT2D eigenvalue weighted by Crippen LogP contribution is -2.25. The molecule has 0 spiro atoms. The van der Waals surface area contributed by atoms with Crippen LogP contribution >= 0.6 is 0 Å². The molecule has 4 nitrogen and oxygen atoms in total. The maximum atomic E-state index is 11.9. The van der Waals surface area contributed by atoms with E-state index in [1.54, 1.807) is 0 Å². The van der Waals surface area contributed by atoms with E-state index in [1.807, 2.05) is 13.8 Å². The lowest BCUT2D eigenvalue weighted by Gasteiger charge is -2.22. The maximum Gasteiger partial charge on any atom is 0.164 e. The third-order valence-electron chi connectivity index (χ3n) is 3.42. The topological polar surface area (TPSA) is 52.6 Å².